The molecule has 114 valence electrons. The van der Waals surface area contributed by atoms with Crippen molar-refractivity contribution in [3.8, 4) is 0 Å². The monoisotopic (exact) mass is 276 g/mol. The Balaban J connectivity index is 1.62. The highest BCUT2D eigenvalue weighted by Crippen LogP contribution is 2.66. The maximum absolute atomic E-state index is 10.0. The van der Waals surface area contributed by atoms with Crippen LogP contribution in [0.15, 0.2) is 0 Å². The summed E-state index contributed by atoms with van der Waals surface area (Å²) in [6, 6.07) is 0. The van der Waals surface area contributed by atoms with Crippen molar-refractivity contribution in [3.05, 3.63) is 0 Å². The molecule has 1 N–H and O–H groups in total. The molecule has 0 unspecified atom stereocenters. The molecule has 1 heteroatoms. The third-order valence-corrected chi connectivity index (χ3v) is 8.42. The molecule has 0 bridgehead atoms. The molecule has 4 rings (SSSR count). The Morgan fingerprint density at radius 3 is 2.55 bits per heavy atom. The van der Waals surface area contributed by atoms with Crippen molar-refractivity contribution in [2.45, 2.75) is 84.2 Å². The maximum atomic E-state index is 10.0. The van der Waals surface area contributed by atoms with Gasteiger partial charge in [-0.1, -0.05) is 20.3 Å². The van der Waals surface area contributed by atoms with Crippen LogP contribution in [0.2, 0.25) is 0 Å². The topological polar surface area (TPSA) is 20.2 Å². The second-order valence-corrected chi connectivity index (χ2v) is 9.17. The van der Waals surface area contributed by atoms with Gasteiger partial charge in [-0.25, -0.2) is 0 Å². The van der Waals surface area contributed by atoms with Crippen LogP contribution >= 0.6 is 0 Å². The van der Waals surface area contributed by atoms with Gasteiger partial charge in [-0.2, -0.15) is 0 Å². The normalized spacial score (nSPS) is 58.6. The van der Waals surface area contributed by atoms with Gasteiger partial charge in [0, 0.05) is 0 Å². The molecular formula is C19H32O. The number of hydrogen-bond donors (Lipinski definition) is 1. The number of hydrogen-bond acceptors (Lipinski definition) is 1. The third kappa shape index (κ3) is 1.77. The summed E-state index contributed by atoms with van der Waals surface area (Å²) in [6.07, 6.45) is 13.8. The van der Waals surface area contributed by atoms with Crippen molar-refractivity contribution >= 4 is 0 Å². The van der Waals surface area contributed by atoms with Gasteiger partial charge in [0.25, 0.3) is 0 Å². The molecule has 1 nitrogen and oxygen atoms in total. The molecule has 0 heterocycles. The second-order valence-electron chi connectivity index (χ2n) is 9.17. The zero-order valence-electron chi connectivity index (χ0n) is 13.4. The fourth-order valence-electron chi connectivity index (χ4n) is 7.23. The molecule has 4 fully saturated rings. The van der Waals surface area contributed by atoms with Crippen LogP contribution in [0.5, 0.6) is 0 Å². The molecule has 0 spiro atoms. The summed E-state index contributed by atoms with van der Waals surface area (Å²) in [7, 11) is 0. The first-order valence-corrected chi connectivity index (χ1v) is 9.21. The largest absolute Gasteiger partial charge is 0.393 e. The van der Waals surface area contributed by atoms with Crippen LogP contribution in [0.25, 0.3) is 0 Å². The summed E-state index contributed by atoms with van der Waals surface area (Å²) >= 11 is 0. The summed E-state index contributed by atoms with van der Waals surface area (Å²) < 4.78 is 0. The molecule has 0 radical (unpaired) electrons. The number of fused-ring (bicyclic) bond motifs is 5. The minimum Gasteiger partial charge on any atom is -0.393 e. The third-order valence-electron chi connectivity index (χ3n) is 8.42. The maximum Gasteiger partial charge on any atom is 0.0543 e. The summed E-state index contributed by atoms with van der Waals surface area (Å²) in [5.41, 5.74) is 1.25. The van der Waals surface area contributed by atoms with Crippen LogP contribution in [0.4, 0.5) is 0 Å². The fraction of sp³-hybridized carbons (Fsp3) is 1.00. The van der Waals surface area contributed by atoms with E-state index in [1.807, 2.05) is 0 Å². The Bertz CT molecular complexity index is 391. The van der Waals surface area contributed by atoms with Crippen LogP contribution in [0.3, 0.4) is 0 Å². The first-order chi connectivity index (χ1) is 9.53. The first-order valence-electron chi connectivity index (χ1n) is 9.21. The van der Waals surface area contributed by atoms with Crippen molar-refractivity contribution < 1.29 is 5.11 Å². The van der Waals surface area contributed by atoms with Crippen molar-refractivity contribution in [3.63, 3.8) is 0 Å². The molecule has 4 aliphatic rings. The van der Waals surface area contributed by atoms with Gasteiger partial charge in [0.1, 0.15) is 0 Å². The Morgan fingerprint density at radius 2 is 1.70 bits per heavy atom. The highest BCUT2D eigenvalue weighted by Gasteiger charge is 2.57. The smallest absolute Gasteiger partial charge is 0.0543 e. The lowest BCUT2D eigenvalue weighted by atomic mass is 9.45. The van der Waals surface area contributed by atoms with Crippen LogP contribution < -0.4 is 0 Å². The summed E-state index contributed by atoms with van der Waals surface area (Å²) in [6.45, 7) is 5.19. The number of aliphatic hydroxyl groups is 1. The van der Waals surface area contributed by atoms with Gasteiger partial charge in [0.15, 0.2) is 0 Å². The molecule has 0 aromatic rings. The van der Waals surface area contributed by atoms with Crippen LogP contribution in [-0.2, 0) is 0 Å². The van der Waals surface area contributed by atoms with Crippen molar-refractivity contribution in [2.75, 3.05) is 0 Å². The fourth-order valence-corrected chi connectivity index (χ4v) is 7.23. The SMILES string of the molecule is C[C@]12CCC[C@@H]1[C@H]1CC[C@H]3C[C@@H](O)CC[C@@]3(C)[C@@H]1CC2. The lowest BCUT2D eigenvalue weighted by molar-refractivity contribution is -0.120. The Hall–Kier alpha value is -0.0400. The van der Waals surface area contributed by atoms with E-state index in [0.717, 1.165) is 36.5 Å². The van der Waals surface area contributed by atoms with E-state index in [1.54, 1.807) is 0 Å². The van der Waals surface area contributed by atoms with E-state index < -0.39 is 0 Å². The van der Waals surface area contributed by atoms with Gasteiger partial charge >= 0.3 is 0 Å². The van der Waals surface area contributed by atoms with Crippen LogP contribution in [0.1, 0.15) is 78.1 Å². The quantitative estimate of drug-likeness (QED) is 0.675. The molecule has 0 aromatic heterocycles. The van der Waals surface area contributed by atoms with Gasteiger partial charge in [-0.3, -0.25) is 0 Å². The Kier molecular flexibility index (Phi) is 3.05. The summed E-state index contributed by atoms with van der Waals surface area (Å²) in [5, 5.41) is 10.0. The van der Waals surface area contributed by atoms with E-state index in [4.69, 9.17) is 0 Å². The van der Waals surface area contributed by atoms with Gasteiger partial charge < -0.3 is 5.11 Å². The first kappa shape index (κ1) is 13.6. The van der Waals surface area contributed by atoms with E-state index in [2.05, 4.69) is 13.8 Å². The minimum atomic E-state index is 0.00459. The van der Waals surface area contributed by atoms with E-state index >= 15 is 0 Å². The van der Waals surface area contributed by atoms with Crippen LogP contribution in [-0.4, -0.2) is 11.2 Å². The van der Waals surface area contributed by atoms with Crippen molar-refractivity contribution in [2.24, 2.45) is 34.5 Å². The van der Waals surface area contributed by atoms with E-state index in [9.17, 15) is 5.11 Å². The highest BCUT2D eigenvalue weighted by atomic mass is 16.3. The lowest BCUT2D eigenvalue weighted by Crippen LogP contribution is -2.53. The van der Waals surface area contributed by atoms with E-state index in [-0.39, 0.29) is 6.10 Å². The molecule has 20 heavy (non-hydrogen) atoms. The predicted molar refractivity (Wildman–Crippen MR) is 82.4 cm³/mol. The molecule has 4 aliphatic carbocycles. The Morgan fingerprint density at radius 1 is 0.850 bits per heavy atom. The molecule has 0 aliphatic heterocycles. The molecular weight excluding hydrogens is 244 g/mol. The molecule has 0 aromatic carbocycles. The molecule has 7 atom stereocenters. The Labute approximate surface area is 124 Å². The van der Waals surface area contributed by atoms with Crippen molar-refractivity contribution in [1.29, 1.82) is 0 Å². The second kappa shape index (κ2) is 4.48. The van der Waals surface area contributed by atoms with Gasteiger partial charge in [0.05, 0.1) is 6.10 Å². The van der Waals surface area contributed by atoms with Gasteiger partial charge in [-0.15, -0.1) is 0 Å². The highest BCUT2D eigenvalue weighted by molar-refractivity contribution is 5.07. The average molecular weight is 276 g/mol. The average Bonchev–Trinajstić information content (AvgIpc) is 2.81. The molecule has 0 amide bonds. The van der Waals surface area contributed by atoms with E-state index in [1.165, 1.54) is 51.4 Å². The zero-order chi connectivity index (χ0) is 14.0. The zero-order valence-corrected chi connectivity index (χ0v) is 13.4. The minimum absolute atomic E-state index is 0.00459. The van der Waals surface area contributed by atoms with Crippen molar-refractivity contribution in [1.82, 2.24) is 0 Å². The van der Waals surface area contributed by atoms with E-state index in [0.29, 0.717) is 10.8 Å². The lowest BCUT2D eigenvalue weighted by Gasteiger charge is -2.60. The summed E-state index contributed by atoms with van der Waals surface area (Å²) in [5.74, 6) is 3.85. The van der Waals surface area contributed by atoms with Gasteiger partial charge in [-0.05, 0) is 92.3 Å². The number of rotatable bonds is 0. The predicted octanol–water partition coefficient (Wildman–Crippen LogP) is 4.78. The number of aliphatic hydroxyl groups excluding tert-OH is 1. The van der Waals surface area contributed by atoms with Crippen LogP contribution in [0, 0.1) is 34.5 Å². The van der Waals surface area contributed by atoms with Gasteiger partial charge in [0.2, 0.25) is 0 Å². The standard InChI is InChI=1S/C19H32O/c1-18-9-3-4-16(18)15-6-5-13-12-14(20)7-11-19(13,2)17(15)8-10-18/h13-17,20H,3-12H2,1-2H3/t13-,14-,15+,16+,17+,18+,19+/m0/s1. The molecule has 0 saturated heterocycles. The molecule has 4 saturated carbocycles. The summed E-state index contributed by atoms with van der Waals surface area (Å²) in [4.78, 5) is 0.